The van der Waals surface area contributed by atoms with Gasteiger partial charge < -0.3 is 4.74 Å². The summed E-state index contributed by atoms with van der Waals surface area (Å²) >= 11 is 0. The van der Waals surface area contributed by atoms with E-state index in [-0.39, 0.29) is 12.1 Å². The lowest BCUT2D eigenvalue weighted by molar-refractivity contribution is -0.148. The average molecular weight is 420 g/mol. The van der Waals surface area contributed by atoms with Gasteiger partial charge in [-0.3, -0.25) is 9.78 Å². The van der Waals surface area contributed by atoms with Gasteiger partial charge in [-0.2, -0.15) is 0 Å². The van der Waals surface area contributed by atoms with Crippen LogP contribution in [0.5, 0.6) is 0 Å². The van der Waals surface area contributed by atoms with Gasteiger partial charge in [-0.15, -0.1) is 0 Å². The summed E-state index contributed by atoms with van der Waals surface area (Å²) in [6, 6.07) is 6.48. The van der Waals surface area contributed by atoms with Crippen LogP contribution >= 0.6 is 0 Å². The molecule has 1 heterocycles. The van der Waals surface area contributed by atoms with Crippen LogP contribution in [0.3, 0.4) is 0 Å². The third kappa shape index (κ3) is 2.70. The molecule has 3 nitrogen and oxygen atoms in total. The fraction of sp³-hybridized carbons (Fsp3) is 0.714. The van der Waals surface area contributed by atoms with Crippen LogP contribution in [0.1, 0.15) is 90.2 Å². The largest absolute Gasteiger partial charge is 0.462 e. The zero-order valence-corrected chi connectivity index (χ0v) is 19.4. The van der Waals surface area contributed by atoms with Crippen LogP contribution in [0.4, 0.5) is 0 Å². The van der Waals surface area contributed by atoms with E-state index >= 15 is 0 Å². The molecule has 166 valence electrons. The number of allylic oxidation sites excluding steroid dienone is 1. The van der Waals surface area contributed by atoms with E-state index in [1.165, 1.54) is 50.6 Å². The number of aromatic nitrogens is 1. The van der Waals surface area contributed by atoms with Crippen LogP contribution in [0.2, 0.25) is 0 Å². The van der Waals surface area contributed by atoms with E-state index in [1.807, 2.05) is 12.3 Å². The molecule has 4 fully saturated rings. The number of hydrogen-bond donors (Lipinski definition) is 0. The van der Waals surface area contributed by atoms with Crippen LogP contribution in [0, 0.1) is 34.0 Å². The van der Waals surface area contributed by atoms with Gasteiger partial charge in [-0.05, 0) is 97.5 Å². The van der Waals surface area contributed by atoms with Gasteiger partial charge >= 0.3 is 5.97 Å². The average Bonchev–Trinajstić information content (AvgIpc) is 3.42. The van der Waals surface area contributed by atoms with Gasteiger partial charge in [0, 0.05) is 31.2 Å². The Morgan fingerprint density at radius 2 is 1.94 bits per heavy atom. The van der Waals surface area contributed by atoms with Crippen LogP contribution in [0.15, 0.2) is 36.0 Å². The Morgan fingerprint density at radius 3 is 2.71 bits per heavy atom. The summed E-state index contributed by atoms with van der Waals surface area (Å²) < 4.78 is 5.61. The molecule has 4 saturated carbocycles. The van der Waals surface area contributed by atoms with Crippen molar-refractivity contribution in [3.05, 3.63) is 41.7 Å². The molecular weight excluding hydrogens is 382 g/mol. The lowest BCUT2D eigenvalue weighted by atomic mass is 9.47. The monoisotopic (exact) mass is 419 g/mol. The molecule has 1 aromatic rings. The predicted molar refractivity (Wildman–Crippen MR) is 121 cm³/mol. The molecule has 8 atom stereocenters. The van der Waals surface area contributed by atoms with Crippen molar-refractivity contribution in [1.29, 1.82) is 0 Å². The third-order valence-electron chi connectivity index (χ3n) is 10.9. The van der Waals surface area contributed by atoms with E-state index in [0.29, 0.717) is 22.2 Å². The summed E-state index contributed by atoms with van der Waals surface area (Å²) in [7, 11) is 0. The van der Waals surface area contributed by atoms with Gasteiger partial charge in [0.25, 0.3) is 0 Å². The first kappa shape index (κ1) is 20.0. The number of ether oxygens (including phenoxy) is 1. The van der Waals surface area contributed by atoms with E-state index in [9.17, 15) is 4.79 Å². The van der Waals surface area contributed by atoms with Crippen molar-refractivity contribution in [3.63, 3.8) is 0 Å². The first-order valence-corrected chi connectivity index (χ1v) is 12.6. The molecule has 5 aliphatic carbocycles. The van der Waals surface area contributed by atoms with Crippen molar-refractivity contribution < 1.29 is 9.53 Å². The molecule has 0 N–H and O–H groups in total. The van der Waals surface area contributed by atoms with Crippen LogP contribution in [0.25, 0.3) is 0 Å². The van der Waals surface area contributed by atoms with Crippen molar-refractivity contribution in [2.75, 3.05) is 0 Å². The van der Waals surface area contributed by atoms with E-state index < -0.39 is 0 Å². The Bertz CT molecular complexity index is 924. The number of carbonyl (C=O) groups excluding carboxylic acids is 1. The van der Waals surface area contributed by atoms with E-state index in [1.54, 1.807) is 12.5 Å². The molecule has 3 heteroatoms. The van der Waals surface area contributed by atoms with Crippen LogP contribution in [-0.2, 0) is 9.53 Å². The lowest BCUT2D eigenvalue weighted by Crippen LogP contribution is -2.51. The van der Waals surface area contributed by atoms with Crippen molar-refractivity contribution in [3.8, 4) is 0 Å². The smallest absolute Gasteiger partial charge is 0.302 e. The maximum absolute atomic E-state index is 11.5. The van der Waals surface area contributed by atoms with Gasteiger partial charge in [0.2, 0.25) is 0 Å². The predicted octanol–water partition coefficient (Wildman–Crippen LogP) is 6.45. The Hall–Kier alpha value is -1.64. The zero-order valence-electron chi connectivity index (χ0n) is 19.4. The highest BCUT2D eigenvalue weighted by Gasteiger charge is 2.72. The van der Waals surface area contributed by atoms with Crippen molar-refractivity contribution in [2.24, 2.45) is 34.0 Å². The number of fused-ring (bicyclic) bond motifs is 6. The summed E-state index contributed by atoms with van der Waals surface area (Å²) in [5.74, 6) is 3.07. The normalized spacial score (nSPS) is 47.7. The number of carbonyl (C=O) groups is 1. The van der Waals surface area contributed by atoms with E-state index in [2.05, 4.69) is 32.1 Å². The molecule has 6 rings (SSSR count). The molecule has 0 radical (unpaired) electrons. The highest BCUT2D eigenvalue weighted by atomic mass is 16.5. The fourth-order valence-electron chi connectivity index (χ4n) is 9.31. The molecule has 0 bridgehead atoms. The molecule has 0 saturated heterocycles. The number of esters is 1. The van der Waals surface area contributed by atoms with E-state index in [4.69, 9.17) is 9.72 Å². The molecule has 0 amide bonds. The second-order valence-electron chi connectivity index (χ2n) is 11.9. The Balaban J connectivity index is 1.26. The fourth-order valence-corrected chi connectivity index (χ4v) is 9.31. The highest BCUT2D eigenvalue weighted by Crippen LogP contribution is 2.81. The minimum atomic E-state index is -0.125. The standard InChI is InChI=1S/C28H37NO2/c1-18(30)31-20-9-12-26(2)19(16-20)7-8-21-22(26)10-13-27(3)23(21)11-14-28(27)17-24(28)25-6-4-5-15-29-25/h4-7,15,20-24H,8-14,16-17H2,1-3H3/t20-,21?,22?,23?,24+,26-,27-,28-/m0/s1. The molecule has 31 heavy (non-hydrogen) atoms. The second-order valence-corrected chi connectivity index (χ2v) is 11.9. The molecule has 5 aliphatic rings. The maximum Gasteiger partial charge on any atom is 0.302 e. The van der Waals surface area contributed by atoms with Gasteiger partial charge in [0.15, 0.2) is 0 Å². The Morgan fingerprint density at radius 1 is 1.10 bits per heavy atom. The van der Waals surface area contributed by atoms with Gasteiger partial charge in [-0.1, -0.05) is 31.6 Å². The summed E-state index contributed by atoms with van der Waals surface area (Å²) in [6.07, 6.45) is 16.0. The first-order chi connectivity index (χ1) is 14.9. The molecular formula is C28H37NO2. The Kier molecular flexibility index (Phi) is 4.31. The summed E-state index contributed by atoms with van der Waals surface area (Å²) in [5.41, 5.74) is 4.25. The zero-order chi connectivity index (χ0) is 21.4. The third-order valence-corrected chi connectivity index (χ3v) is 10.9. The van der Waals surface area contributed by atoms with Crippen LogP contribution < -0.4 is 0 Å². The van der Waals surface area contributed by atoms with Crippen LogP contribution in [-0.4, -0.2) is 17.1 Å². The number of nitrogens with zero attached hydrogens (tertiary/aromatic N) is 1. The highest BCUT2D eigenvalue weighted by molar-refractivity contribution is 5.66. The van der Waals surface area contributed by atoms with Crippen molar-refractivity contribution >= 4 is 5.97 Å². The van der Waals surface area contributed by atoms with Gasteiger partial charge in [-0.25, -0.2) is 0 Å². The number of pyridine rings is 1. The molecule has 0 aromatic carbocycles. The van der Waals surface area contributed by atoms with Gasteiger partial charge in [0.05, 0.1) is 0 Å². The first-order valence-electron chi connectivity index (χ1n) is 12.6. The van der Waals surface area contributed by atoms with E-state index in [0.717, 1.165) is 30.6 Å². The SMILES string of the molecule is CC(=O)O[C@H]1CC[C@@]2(C)C(=CCC3C2CC[C@@]2(C)C3CC[C@@]23C[C@@H]3c2ccccn2)C1. The number of hydrogen-bond acceptors (Lipinski definition) is 3. The molecule has 0 aliphatic heterocycles. The second kappa shape index (κ2) is 6.68. The molecule has 1 aromatic heterocycles. The van der Waals surface area contributed by atoms with Gasteiger partial charge in [0.1, 0.15) is 6.10 Å². The molecule has 1 spiro atoms. The topological polar surface area (TPSA) is 39.2 Å². The summed E-state index contributed by atoms with van der Waals surface area (Å²) in [6.45, 7) is 6.75. The minimum absolute atomic E-state index is 0.0996. The minimum Gasteiger partial charge on any atom is -0.462 e. The van der Waals surface area contributed by atoms with Crippen molar-refractivity contribution in [2.45, 2.75) is 90.6 Å². The van der Waals surface area contributed by atoms with Crippen molar-refractivity contribution in [1.82, 2.24) is 4.98 Å². The summed E-state index contributed by atoms with van der Waals surface area (Å²) in [5, 5.41) is 0. The molecule has 3 unspecified atom stereocenters. The lowest BCUT2D eigenvalue weighted by Gasteiger charge is -2.58. The maximum atomic E-state index is 11.5. The quantitative estimate of drug-likeness (QED) is 0.408. The number of rotatable bonds is 2. The Labute approximate surface area is 187 Å². The summed E-state index contributed by atoms with van der Waals surface area (Å²) in [4.78, 5) is 16.2.